The summed E-state index contributed by atoms with van der Waals surface area (Å²) in [7, 11) is 1.30. The summed E-state index contributed by atoms with van der Waals surface area (Å²) < 4.78 is 4.67. The highest BCUT2D eigenvalue weighted by molar-refractivity contribution is 6.33. The Hall–Kier alpha value is -2.35. The molecule has 1 fully saturated rings. The van der Waals surface area contributed by atoms with E-state index in [-0.39, 0.29) is 22.2 Å². The first-order valence-corrected chi connectivity index (χ1v) is 7.38. The number of amides is 2. The number of methoxy groups -OCH3 is 1. The maximum Gasteiger partial charge on any atom is 0.409 e. The molecule has 9 heteroatoms. The standard InChI is InChI=1S/C14H16ClN3O5/c1-23-14(20)17-6-2-5-16(7-8-17)13(19)11-9-10(18(21)22)3-4-12(11)15/h3-4,9H,2,5-8H2,1H3. The van der Waals surface area contributed by atoms with E-state index in [1.807, 2.05) is 0 Å². The van der Waals surface area contributed by atoms with Crippen LogP contribution in [0.2, 0.25) is 5.02 Å². The number of carbonyl (C=O) groups is 2. The minimum Gasteiger partial charge on any atom is -0.453 e. The summed E-state index contributed by atoms with van der Waals surface area (Å²) in [5, 5.41) is 11.0. The number of nitro benzene ring substituents is 1. The monoisotopic (exact) mass is 341 g/mol. The summed E-state index contributed by atoms with van der Waals surface area (Å²) >= 11 is 6.00. The number of halogens is 1. The van der Waals surface area contributed by atoms with E-state index < -0.39 is 11.0 Å². The lowest BCUT2D eigenvalue weighted by Crippen LogP contribution is -2.37. The molecule has 0 bridgehead atoms. The van der Waals surface area contributed by atoms with Gasteiger partial charge >= 0.3 is 6.09 Å². The van der Waals surface area contributed by atoms with Crippen LogP contribution < -0.4 is 0 Å². The summed E-state index contributed by atoms with van der Waals surface area (Å²) in [6.07, 6.45) is 0.153. The van der Waals surface area contributed by atoms with Gasteiger partial charge in [-0.2, -0.15) is 0 Å². The third kappa shape index (κ3) is 3.89. The molecule has 23 heavy (non-hydrogen) atoms. The van der Waals surface area contributed by atoms with Crippen molar-refractivity contribution in [1.82, 2.24) is 9.80 Å². The molecule has 124 valence electrons. The molecule has 2 rings (SSSR count). The van der Waals surface area contributed by atoms with Gasteiger partial charge in [-0.15, -0.1) is 0 Å². The van der Waals surface area contributed by atoms with Gasteiger partial charge in [0.25, 0.3) is 11.6 Å². The van der Waals surface area contributed by atoms with E-state index in [1.54, 1.807) is 0 Å². The highest BCUT2D eigenvalue weighted by atomic mass is 35.5. The van der Waals surface area contributed by atoms with Crippen LogP contribution in [0.5, 0.6) is 0 Å². The van der Waals surface area contributed by atoms with Gasteiger partial charge in [0.2, 0.25) is 0 Å². The van der Waals surface area contributed by atoms with Crippen molar-refractivity contribution in [2.45, 2.75) is 6.42 Å². The highest BCUT2D eigenvalue weighted by Gasteiger charge is 2.25. The fourth-order valence-electron chi connectivity index (χ4n) is 2.39. The summed E-state index contributed by atoms with van der Waals surface area (Å²) in [5.41, 5.74) is -0.101. The third-order valence-electron chi connectivity index (χ3n) is 3.61. The van der Waals surface area contributed by atoms with Crippen LogP contribution >= 0.6 is 11.6 Å². The Kier molecular flexibility index (Phi) is 5.38. The minimum atomic E-state index is -0.575. The van der Waals surface area contributed by atoms with Crippen LogP contribution in [0, 0.1) is 10.1 Å². The van der Waals surface area contributed by atoms with E-state index in [4.69, 9.17) is 11.6 Å². The second-order valence-corrected chi connectivity index (χ2v) is 5.43. The second kappa shape index (κ2) is 7.28. The predicted octanol–water partition coefficient (Wildman–Crippen LogP) is 2.16. The molecule has 1 aromatic rings. The molecule has 2 amide bonds. The van der Waals surface area contributed by atoms with Crippen LogP contribution in [-0.4, -0.2) is 60.0 Å². The first kappa shape index (κ1) is 17.0. The van der Waals surface area contributed by atoms with Gasteiger partial charge in [0, 0.05) is 38.3 Å². The number of hydrogen-bond acceptors (Lipinski definition) is 5. The maximum absolute atomic E-state index is 12.6. The molecule has 0 radical (unpaired) electrons. The van der Waals surface area contributed by atoms with E-state index in [0.29, 0.717) is 32.6 Å². The Morgan fingerprint density at radius 3 is 2.52 bits per heavy atom. The highest BCUT2D eigenvalue weighted by Crippen LogP contribution is 2.24. The van der Waals surface area contributed by atoms with E-state index in [9.17, 15) is 19.7 Å². The third-order valence-corrected chi connectivity index (χ3v) is 3.94. The molecule has 0 atom stereocenters. The minimum absolute atomic E-state index is 0.0902. The molecule has 1 aliphatic heterocycles. The first-order chi connectivity index (χ1) is 10.9. The second-order valence-electron chi connectivity index (χ2n) is 5.02. The van der Waals surface area contributed by atoms with Gasteiger partial charge in [-0.1, -0.05) is 11.6 Å². The fraction of sp³-hybridized carbons (Fsp3) is 0.429. The molecule has 0 N–H and O–H groups in total. The molecule has 0 aromatic heterocycles. The molecule has 1 aliphatic rings. The summed E-state index contributed by atoms with van der Waals surface area (Å²) in [6, 6.07) is 3.76. The van der Waals surface area contributed by atoms with Crippen molar-refractivity contribution in [2.75, 3.05) is 33.3 Å². The van der Waals surface area contributed by atoms with Crippen LogP contribution in [-0.2, 0) is 4.74 Å². The topological polar surface area (TPSA) is 93.0 Å². The van der Waals surface area contributed by atoms with Gasteiger partial charge in [0.1, 0.15) is 0 Å². The molecule has 0 spiro atoms. The Bertz CT molecular complexity index is 637. The van der Waals surface area contributed by atoms with Gasteiger partial charge < -0.3 is 14.5 Å². The molecular weight excluding hydrogens is 326 g/mol. The lowest BCUT2D eigenvalue weighted by atomic mass is 10.1. The number of nitro groups is 1. The molecule has 0 saturated carbocycles. The van der Waals surface area contributed by atoms with Crippen molar-refractivity contribution < 1.29 is 19.2 Å². The van der Waals surface area contributed by atoms with Gasteiger partial charge in [-0.25, -0.2) is 4.79 Å². The zero-order valence-corrected chi connectivity index (χ0v) is 13.3. The predicted molar refractivity (Wildman–Crippen MR) is 82.6 cm³/mol. The maximum atomic E-state index is 12.6. The van der Waals surface area contributed by atoms with E-state index in [0.717, 1.165) is 0 Å². The Morgan fingerprint density at radius 2 is 1.87 bits per heavy atom. The van der Waals surface area contributed by atoms with E-state index in [2.05, 4.69) is 4.74 Å². The number of ether oxygens (including phenoxy) is 1. The number of nitrogens with zero attached hydrogens (tertiary/aromatic N) is 3. The zero-order valence-electron chi connectivity index (χ0n) is 12.5. The smallest absolute Gasteiger partial charge is 0.409 e. The largest absolute Gasteiger partial charge is 0.453 e. The number of hydrogen-bond donors (Lipinski definition) is 0. The van der Waals surface area contributed by atoms with Crippen molar-refractivity contribution in [3.05, 3.63) is 38.9 Å². The van der Waals surface area contributed by atoms with Gasteiger partial charge in [0.05, 0.1) is 22.6 Å². The lowest BCUT2D eigenvalue weighted by Gasteiger charge is -2.21. The zero-order chi connectivity index (χ0) is 17.0. The van der Waals surface area contributed by atoms with Crippen molar-refractivity contribution in [2.24, 2.45) is 0 Å². The molecule has 1 aromatic carbocycles. The van der Waals surface area contributed by atoms with Gasteiger partial charge in [0.15, 0.2) is 0 Å². The Balaban J connectivity index is 2.16. The van der Waals surface area contributed by atoms with Crippen LogP contribution in [0.15, 0.2) is 18.2 Å². The average molecular weight is 342 g/mol. The number of benzene rings is 1. The Labute approximate surface area is 137 Å². The first-order valence-electron chi connectivity index (χ1n) is 7.00. The van der Waals surface area contributed by atoms with E-state index >= 15 is 0 Å². The van der Waals surface area contributed by atoms with Crippen molar-refractivity contribution in [3.63, 3.8) is 0 Å². The molecule has 1 heterocycles. The van der Waals surface area contributed by atoms with Crippen molar-refractivity contribution in [1.29, 1.82) is 0 Å². The number of rotatable bonds is 2. The summed E-state index contributed by atoms with van der Waals surface area (Å²) in [4.78, 5) is 37.4. The van der Waals surface area contributed by atoms with Crippen molar-refractivity contribution in [3.8, 4) is 0 Å². The summed E-state index contributed by atoms with van der Waals surface area (Å²) in [6.45, 7) is 1.57. The number of carbonyl (C=O) groups excluding carboxylic acids is 2. The van der Waals surface area contributed by atoms with Gasteiger partial charge in [-0.05, 0) is 12.5 Å². The van der Waals surface area contributed by atoms with Crippen LogP contribution in [0.4, 0.5) is 10.5 Å². The van der Waals surface area contributed by atoms with Crippen LogP contribution in [0.25, 0.3) is 0 Å². The van der Waals surface area contributed by atoms with E-state index in [1.165, 1.54) is 35.1 Å². The summed E-state index contributed by atoms with van der Waals surface area (Å²) in [5.74, 6) is -0.384. The molecule has 0 unspecified atom stereocenters. The normalized spacial score (nSPS) is 15.0. The molecule has 0 aliphatic carbocycles. The fourth-order valence-corrected chi connectivity index (χ4v) is 2.59. The molecule has 1 saturated heterocycles. The van der Waals surface area contributed by atoms with Crippen molar-refractivity contribution >= 4 is 29.3 Å². The molecule has 8 nitrogen and oxygen atoms in total. The van der Waals surface area contributed by atoms with Gasteiger partial charge in [-0.3, -0.25) is 14.9 Å². The quantitative estimate of drug-likeness (QED) is 0.607. The lowest BCUT2D eigenvalue weighted by molar-refractivity contribution is -0.384. The molecular formula is C14H16ClN3O5. The number of non-ortho nitro benzene ring substituents is 1. The SMILES string of the molecule is COC(=O)N1CCCN(C(=O)c2cc([N+](=O)[O-])ccc2Cl)CC1. The van der Waals surface area contributed by atoms with Crippen LogP contribution in [0.3, 0.4) is 0 Å². The average Bonchev–Trinajstić information content (AvgIpc) is 2.79. The van der Waals surface area contributed by atoms with Crippen LogP contribution in [0.1, 0.15) is 16.8 Å². The Morgan fingerprint density at radius 1 is 1.22 bits per heavy atom.